The number of hydrogen-bond donors (Lipinski definition) is 2. The van der Waals surface area contributed by atoms with Gasteiger partial charge < -0.3 is 11.1 Å². The first-order chi connectivity index (χ1) is 10.2. The molecular weight excluding hydrogens is 270 g/mol. The van der Waals surface area contributed by atoms with Crippen LogP contribution >= 0.6 is 0 Å². The summed E-state index contributed by atoms with van der Waals surface area (Å²) in [6.45, 7) is 1.28. The van der Waals surface area contributed by atoms with E-state index in [0.717, 1.165) is 19.3 Å². The highest BCUT2D eigenvalue weighted by atomic mass is 16.2. The van der Waals surface area contributed by atoms with Gasteiger partial charge in [0.1, 0.15) is 5.54 Å². The van der Waals surface area contributed by atoms with Crippen LogP contribution in [0.4, 0.5) is 4.79 Å². The summed E-state index contributed by atoms with van der Waals surface area (Å²) in [5.41, 5.74) is 5.06. The molecule has 3 amide bonds. The monoisotopic (exact) mass is 291 g/mol. The van der Waals surface area contributed by atoms with Crippen molar-refractivity contribution in [1.29, 1.82) is 0 Å². The number of nitrogens with two attached hydrogens (primary N) is 1. The summed E-state index contributed by atoms with van der Waals surface area (Å²) in [6.07, 6.45) is 7.11. The van der Waals surface area contributed by atoms with E-state index in [4.69, 9.17) is 5.73 Å². The van der Waals surface area contributed by atoms with Gasteiger partial charge in [-0.15, -0.1) is 0 Å². The van der Waals surface area contributed by atoms with Crippen molar-refractivity contribution < 1.29 is 9.59 Å². The van der Waals surface area contributed by atoms with Gasteiger partial charge in [0.25, 0.3) is 5.91 Å². The molecule has 7 nitrogen and oxygen atoms in total. The molecule has 2 fully saturated rings. The van der Waals surface area contributed by atoms with Crippen molar-refractivity contribution >= 4 is 11.9 Å². The van der Waals surface area contributed by atoms with Crippen LogP contribution in [0.5, 0.6) is 0 Å². The Labute approximate surface area is 123 Å². The molecule has 1 aromatic heterocycles. The Hall–Kier alpha value is -1.89. The maximum atomic E-state index is 12.8. The summed E-state index contributed by atoms with van der Waals surface area (Å²) in [4.78, 5) is 26.3. The van der Waals surface area contributed by atoms with E-state index in [-0.39, 0.29) is 17.9 Å². The normalized spacial score (nSPS) is 29.2. The van der Waals surface area contributed by atoms with Crippen LogP contribution in [-0.4, -0.2) is 45.2 Å². The standard InChI is InChI=1S/C14H21N5O2/c15-10-11-4-1-2-5-14(11)12(20)19(13(21)17-14)9-8-18-7-3-6-16-18/h3,6-7,11H,1-2,4-5,8-10,15H2,(H,17,21). The van der Waals surface area contributed by atoms with Gasteiger partial charge in [0, 0.05) is 18.3 Å². The molecule has 0 aromatic carbocycles. The zero-order chi connectivity index (χ0) is 14.9. The zero-order valence-corrected chi connectivity index (χ0v) is 12.0. The highest BCUT2D eigenvalue weighted by Gasteiger charge is 2.55. The summed E-state index contributed by atoms with van der Waals surface area (Å²) in [5.74, 6) is -0.0767. The second-order valence-electron chi connectivity index (χ2n) is 5.81. The molecule has 3 N–H and O–H groups in total. The van der Waals surface area contributed by atoms with E-state index in [0.29, 0.717) is 26.1 Å². The van der Waals surface area contributed by atoms with Crippen LogP contribution in [0.15, 0.2) is 18.5 Å². The third-order valence-electron chi connectivity index (χ3n) is 4.67. The van der Waals surface area contributed by atoms with Crippen LogP contribution in [0.3, 0.4) is 0 Å². The van der Waals surface area contributed by atoms with Crippen LogP contribution in [-0.2, 0) is 11.3 Å². The molecule has 2 unspecified atom stereocenters. The van der Waals surface area contributed by atoms with Crippen molar-refractivity contribution in [1.82, 2.24) is 20.0 Å². The molecular formula is C14H21N5O2. The molecule has 1 saturated heterocycles. The third kappa shape index (κ3) is 2.31. The molecule has 1 spiro atoms. The Kier molecular flexibility index (Phi) is 3.67. The number of aromatic nitrogens is 2. The van der Waals surface area contributed by atoms with E-state index in [1.165, 1.54) is 4.90 Å². The number of hydrogen-bond acceptors (Lipinski definition) is 4. The molecule has 1 saturated carbocycles. The quantitative estimate of drug-likeness (QED) is 0.781. The minimum Gasteiger partial charge on any atom is -0.330 e. The largest absolute Gasteiger partial charge is 0.330 e. The van der Waals surface area contributed by atoms with Gasteiger partial charge in [0.15, 0.2) is 0 Å². The number of carbonyl (C=O) groups is 2. The molecule has 114 valence electrons. The second kappa shape index (κ2) is 5.48. The van der Waals surface area contributed by atoms with Crippen molar-refractivity contribution in [2.24, 2.45) is 11.7 Å². The number of nitrogens with one attached hydrogen (secondary N) is 1. The Morgan fingerprint density at radius 1 is 1.38 bits per heavy atom. The molecule has 2 aliphatic rings. The number of imide groups is 1. The lowest BCUT2D eigenvalue weighted by Gasteiger charge is -2.38. The third-order valence-corrected chi connectivity index (χ3v) is 4.67. The van der Waals surface area contributed by atoms with Gasteiger partial charge in [-0.3, -0.25) is 14.4 Å². The van der Waals surface area contributed by atoms with Gasteiger partial charge in [-0.1, -0.05) is 12.8 Å². The van der Waals surface area contributed by atoms with Crippen LogP contribution in [0.25, 0.3) is 0 Å². The van der Waals surface area contributed by atoms with Gasteiger partial charge in [-0.25, -0.2) is 4.79 Å². The second-order valence-corrected chi connectivity index (χ2v) is 5.81. The van der Waals surface area contributed by atoms with Crippen molar-refractivity contribution in [3.8, 4) is 0 Å². The summed E-state index contributed by atoms with van der Waals surface area (Å²) in [6, 6.07) is 1.52. The SMILES string of the molecule is NCC1CCCCC12NC(=O)N(CCn1cccn1)C2=O. The van der Waals surface area contributed by atoms with Gasteiger partial charge in [0.2, 0.25) is 0 Å². The van der Waals surface area contributed by atoms with Crippen molar-refractivity contribution in [3.63, 3.8) is 0 Å². The fourth-order valence-corrected chi connectivity index (χ4v) is 3.49. The predicted molar refractivity (Wildman–Crippen MR) is 76.2 cm³/mol. The van der Waals surface area contributed by atoms with Gasteiger partial charge >= 0.3 is 6.03 Å². The average molecular weight is 291 g/mol. The number of urea groups is 1. The van der Waals surface area contributed by atoms with Gasteiger partial charge in [-0.05, 0) is 25.5 Å². The van der Waals surface area contributed by atoms with Crippen molar-refractivity contribution in [2.75, 3.05) is 13.1 Å². The number of rotatable bonds is 4. The predicted octanol–water partition coefficient (Wildman–Crippen LogP) is 0.323. The maximum Gasteiger partial charge on any atom is 0.325 e. The lowest BCUT2D eigenvalue weighted by Crippen LogP contribution is -2.57. The van der Waals surface area contributed by atoms with E-state index < -0.39 is 5.54 Å². The van der Waals surface area contributed by atoms with Crippen molar-refractivity contribution in [3.05, 3.63) is 18.5 Å². The van der Waals surface area contributed by atoms with Crippen LogP contribution in [0.2, 0.25) is 0 Å². The van der Waals surface area contributed by atoms with Crippen LogP contribution < -0.4 is 11.1 Å². The van der Waals surface area contributed by atoms with Gasteiger partial charge in [0.05, 0.1) is 13.1 Å². The van der Waals surface area contributed by atoms with E-state index in [2.05, 4.69) is 10.4 Å². The Bertz CT molecular complexity index is 529. The summed E-state index contributed by atoms with van der Waals surface area (Å²) < 4.78 is 1.72. The number of nitrogens with zero attached hydrogens (tertiary/aromatic N) is 3. The van der Waals surface area contributed by atoms with E-state index in [1.54, 1.807) is 10.9 Å². The highest BCUT2D eigenvalue weighted by molar-refractivity contribution is 6.07. The Morgan fingerprint density at radius 2 is 2.24 bits per heavy atom. The first-order valence-electron chi connectivity index (χ1n) is 7.49. The topological polar surface area (TPSA) is 93.2 Å². The molecule has 7 heteroatoms. The fraction of sp³-hybridized carbons (Fsp3) is 0.643. The minimum absolute atomic E-state index is 0.0393. The Morgan fingerprint density at radius 3 is 2.95 bits per heavy atom. The minimum atomic E-state index is -0.770. The zero-order valence-electron chi connectivity index (χ0n) is 12.0. The smallest absolute Gasteiger partial charge is 0.325 e. The summed E-state index contributed by atoms with van der Waals surface area (Å²) >= 11 is 0. The first kappa shape index (κ1) is 14.1. The van der Waals surface area contributed by atoms with E-state index in [1.807, 2.05) is 12.3 Å². The fourth-order valence-electron chi connectivity index (χ4n) is 3.49. The lowest BCUT2D eigenvalue weighted by molar-refractivity contribution is -0.134. The Balaban J connectivity index is 1.74. The van der Waals surface area contributed by atoms with E-state index >= 15 is 0 Å². The lowest BCUT2D eigenvalue weighted by atomic mass is 9.72. The van der Waals surface area contributed by atoms with Gasteiger partial charge in [-0.2, -0.15) is 5.10 Å². The van der Waals surface area contributed by atoms with Crippen LogP contribution in [0.1, 0.15) is 25.7 Å². The molecule has 2 atom stereocenters. The maximum absolute atomic E-state index is 12.8. The molecule has 0 bridgehead atoms. The van der Waals surface area contributed by atoms with E-state index in [9.17, 15) is 9.59 Å². The molecule has 0 radical (unpaired) electrons. The summed E-state index contributed by atoms with van der Waals surface area (Å²) in [7, 11) is 0. The molecule has 1 aliphatic heterocycles. The number of amides is 3. The molecule has 1 aromatic rings. The molecule has 1 aliphatic carbocycles. The number of carbonyl (C=O) groups excluding carboxylic acids is 2. The molecule has 21 heavy (non-hydrogen) atoms. The first-order valence-corrected chi connectivity index (χ1v) is 7.49. The highest BCUT2D eigenvalue weighted by Crippen LogP contribution is 2.37. The summed E-state index contributed by atoms with van der Waals surface area (Å²) in [5, 5.41) is 7.02. The average Bonchev–Trinajstić information content (AvgIpc) is 3.07. The van der Waals surface area contributed by atoms with Crippen LogP contribution in [0, 0.1) is 5.92 Å². The molecule has 2 heterocycles. The molecule has 3 rings (SSSR count). The van der Waals surface area contributed by atoms with Crippen molar-refractivity contribution in [2.45, 2.75) is 37.8 Å².